The van der Waals surface area contributed by atoms with Crippen molar-refractivity contribution in [3.63, 3.8) is 0 Å². The van der Waals surface area contributed by atoms with E-state index in [1.165, 1.54) is 0 Å². The van der Waals surface area contributed by atoms with Crippen LogP contribution in [-0.4, -0.2) is 9.66 Å². The molecule has 1 atom stereocenters. The van der Waals surface area contributed by atoms with Gasteiger partial charge in [0.1, 0.15) is 5.82 Å². The Morgan fingerprint density at radius 1 is 1.47 bits per heavy atom. The van der Waals surface area contributed by atoms with E-state index in [0.717, 1.165) is 4.68 Å². The molecule has 0 radical (unpaired) electrons. The molecule has 0 aliphatic heterocycles. The molecule has 1 aromatic carbocycles. The summed E-state index contributed by atoms with van der Waals surface area (Å²) >= 11 is 5.88. The van der Waals surface area contributed by atoms with Crippen molar-refractivity contribution < 1.29 is 0 Å². The summed E-state index contributed by atoms with van der Waals surface area (Å²) < 4.78 is 1.00. The maximum Gasteiger partial charge on any atom is 0.279 e. The van der Waals surface area contributed by atoms with Gasteiger partial charge in [0.25, 0.3) is 5.56 Å². The smallest absolute Gasteiger partial charge is 0.279 e. The number of nitrogen functional groups attached to an aromatic ring is 1. The van der Waals surface area contributed by atoms with Crippen molar-refractivity contribution >= 4 is 22.5 Å². The molecule has 2 aromatic rings. The van der Waals surface area contributed by atoms with Gasteiger partial charge in [-0.15, -0.1) is 11.6 Å². The number of para-hydroxylation sites is 1. The van der Waals surface area contributed by atoms with Gasteiger partial charge in [0, 0.05) is 0 Å². The van der Waals surface area contributed by atoms with Gasteiger partial charge in [-0.3, -0.25) is 4.79 Å². The lowest BCUT2D eigenvalue weighted by atomic mass is 10.2. The molecule has 0 saturated carbocycles. The summed E-state index contributed by atoms with van der Waals surface area (Å²) in [7, 11) is 0. The highest BCUT2D eigenvalue weighted by Crippen LogP contribution is 2.16. The van der Waals surface area contributed by atoms with Gasteiger partial charge >= 0.3 is 0 Å². The number of alkyl halides is 1. The number of rotatable bonds is 1. The van der Waals surface area contributed by atoms with E-state index in [4.69, 9.17) is 17.4 Å². The van der Waals surface area contributed by atoms with Gasteiger partial charge < -0.3 is 5.84 Å². The maximum absolute atomic E-state index is 11.8. The first kappa shape index (κ1) is 9.98. The summed E-state index contributed by atoms with van der Waals surface area (Å²) in [5.74, 6) is 5.98. The molecule has 2 rings (SSSR count). The predicted molar refractivity (Wildman–Crippen MR) is 60.4 cm³/mol. The molecule has 2 N–H and O–H groups in total. The van der Waals surface area contributed by atoms with Crippen LogP contribution in [0.25, 0.3) is 10.9 Å². The van der Waals surface area contributed by atoms with Crippen molar-refractivity contribution in [3.8, 4) is 0 Å². The Kier molecular flexibility index (Phi) is 2.36. The van der Waals surface area contributed by atoms with Crippen LogP contribution in [0.2, 0.25) is 0 Å². The number of nitrogens with two attached hydrogens (primary N) is 1. The van der Waals surface area contributed by atoms with Gasteiger partial charge in [0.2, 0.25) is 0 Å². The molecule has 0 spiro atoms. The normalized spacial score (nSPS) is 12.9. The number of benzene rings is 1. The van der Waals surface area contributed by atoms with Crippen LogP contribution in [0.4, 0.5) is 0 Å². The van der Waals surface area contributed by atoms with E-state index in [-0.39, 0.29) is 5.56 Å². The number of halogens is 1. The third kappa shape index (κ3) is 1.57. The van der Waals surface area contributed by atoms with Crippen LogP contribution in [0.3, 0.4) is 0 Å². The van der Waals surface area contributed by atoms with Crippen LogP contribution in [0.1, 0.15) is 18.1 Å². The fraction of sp³-hybridized carbons (Fsp3) is 0.200. The van der Waals surface area contributed by atoms with Crippen LogP contribution in [-0.2, 0) is 0 Å². The molecule has 0 aliphatic carbocycles. The standard InChI is InChI=1S/C10H10ClN3O/c1-6(11)9-13-8-5-3-2-4-7(8)10(15)14(9)12/h2-6H,12H2,1H3/t6-/m1/s1. The molecule has 0 unspecified atom stereocenters. The number of hydrogen-bond donors (Lipinski definition) is 1. The minimum atomic E-state index is -0.396. The van der Waals surface area contributed by atoms with E-state index >= 15 is 0 Å². The summed E-state index contributed by atoms with van der Waals surface area (Å²) in [4.78, 5) is 16.0. The van der Waals surface area contributed by atoms with E-state index in [9.17, 15) is 4.79 Å². The summed E-state index contributed by atoms with van der Waals surface area (Å²) in [5.41, 5.74) is 0.342. The zero-order chi connectivity index (χ0) is 11.0. The zero-order valence-corrected chi connectivity index (χ0v) is 8.90. The molecule has 0 amide bonds. The third-order valence-electron chi connectivity index (χ3n) is 2.19. The lowest BCUT2D eigenvalue weighted by Crippen LogP contribution is -2.31. The summed E-state index contributed by atoms with van der Waals surface area (Å²) in [5, 5.41) is 0.105. The Bertz CT molecular complexity index is 562. The highest BCUT2D eigenvalue weighted by molar-refractivity contribution is 6.20. The topological polar surface area (TPSA) is 60.9 Å². The van der Waals surface area contributed by atoms with E-state index in [1.54, 1.807) is 25.1 Å². The summed E-state index contributed by atoms with van der Waals surface area (Å²) in [6, 6.07) is 7.05. The van der Waals surface area contributed by atoms with Crippen LogP contribution in [0.5, 0.6) is 0 Å². The summed E-state index contributed by atoms with van der Waals surface area (Å²) in [6.45, 7) is 1.72. The first-order chi connectivity index (χ1) is 7.11. The lowest BCUT2D eigenvalue weighted by Gasteiger charge is -2.09. The molecule has 15 heavy (non-hydrogen) atoms. The number of hydrogen-bond acceptors (Lipinski definition) is 3. The van der Waals surface area contributed by atoms with Crippen LogP contribution in [0, 0.1) is 0 Å². The van der Waals surface area contributed by atoms with E-state index in [2.05, 4.69) is 4.98 Å². The predicted octanol–water partition coefficient (Wildman–Crippen LogP) is 1.41. The molecule has 1 aromatic heterocycles. The molecular formula is C10H10ClN3O. The molecule has 1 heterocycles. The highest BCUT2D eigenvalue weighted by atomic mass is 35.5. The molecule has 0 bridgehead atoms. The Morgan fingerprint density at radius 3 is 2.80 bits per heavy atom. The Hall–Kier alpha value is -1.55. The van der Waals surface area contributed by atoms with Crippen molar-refractivity contribution in [3.05, 3.63) is 40.4 Å². The van der Waals surface area contributed by atoms with Gasteiger partial charge in [-0.05, 0) is 19.1 Å². The second-order valence-electron chi connectivity index (χ2n) is 3.28. The number of nitrogens with zero attached hydrogens (tertiary/aromatic N) is 2. The van der Waals surface area contributed by atoms with Crippen LogP contribution >= 0.6 is 11.6 Å². The van der Waals surface area contributed by atoms with Gasteiger partial charge in [0.05, 0.1) is 16.3 Å². The lowest BCUT2D eigenvalue weighted by molar-refractivity contribution is 0.784. The minimum absolute atomic E-state index is 0.275. The van der Waals surface area contributed by atoms with E-state index in [0.29, 0.717) is 16.7 Å². The zero-order valence-electron chi connectivity index (χ0n) is 8.14. The quantitative estimate of drug-likeness (QED) is 0.587. The Morgan fingerprint density at radius 2 is 2.13 bits per heavy atom. The molecular weight excluding hydrogens is 214 g/mol. The molecule has 0 fully saturated rings. The van der Waals surface area contributed by atoms with E-state index in [1.807, 2.05) is 6.07 Å². The molecule has 0 aliphatic rings. The molecule has 0 saturated heterocycles. The average molecular weight is 224 g/mol. The van der Waals surface area contributed by atoms with Crippen LogP contribution in [0.15, 0.2) is 29.1 Å². The van der Waals surface area contributed by atoms with Crippen molar-refractivity contribution in [2.75, 3.05) is 5.84 Å². The average Bonchev–Trinajstić information content (AvgIpc) is 2.23. The Balaban J connectivity index is 2.89. The van der Waals surface area contributed by atoms with Gasteiger partial charge in [0.15, 0.2) is 0 Å². The largest absolute Gasteiger partial charge is 0.335 e. The fourth-order valence-corrected chi connectivity index (χ4v) is 1.60. The number of aromatic nitrogens is 2. The maximum atomic E-state index is 11.8. The fourth-order valence-electron chi connectivity index (χ4n) is 1.44. The van der Waals surface area contributed by atoms with Crippen molar-refractivity contribution in [1.82, 2.24) is 9.66 Å². The Labute approximate surface area is 91.3 Å². The third-order valence-corrected chi connectivity index (χ3v) is 2.39. The molecule has 4 nitrogen and oxygen atoms in total. The molecule has 78 valence electrons. The minimum Gasteiger partial charge on any atom is -0.335 e. The van der Waals surface area contributed by atoms with Crippen molar-refractivity contribution in [2.45, 2.75) is 12.3 Å². The first-order valence-electron chi connectivity index (χ1n) is 4.52. The van der Waals surface area contributed by atoms with Gasteiger partial charge in [-0.25, -0.2) is 9.66 Å². The van der Waals surface area contributed by atoms with Gasteiger partial charge in [-0.1, -0.05) is 12.1 Å². The first-order valence-corrected chi connectivity index (χ1v) is 4.95. The molecule has 5 heteroatoms. The van der Waals surface area contributed by atoms with E-state index < -0.39 is 5.38 Å². The summed E-state index contributed by atoms with van der Waals surface area (Å²) in [6.07, 6.45) is 0. The second-order valence-corrected chi connectivity index (χ2v) is 3.93. The number of fused-ring (bicyclic) bond motifs is 1. The highest BCUT2D eigenvalue weighted by Gasteiger charge is 2.12. The van der Waals surface area contributed by atoms with Crippen molar-refractivity contribution in [1.29, 1.82) is 0 Å². The second kappa shape index (κ2) is 3.55. The van der Waals surface area contributed by atoms with Crippen molar-refractivity contribution in [2.24, 2.45) is 0 Å². The van der Waals surface area contributed by atoms with Gasteiger partial charge in [-0.2, -0.15) is 0 Å². The monoisotopic (exact) mass is 223 g/mol. The SMILES string of the molecule is C[C@@H](Cl)c1nc2ccccc2c(=O)n1N. The van der Waals surface area contributed by atoms with Crippen LogP contribution < -0.4 is 11.4 Å².